The van der Waals surface area contributed by atoms with Crippen LogP contribution in [0.25, 0.3) is 10.9 Å². The average Bonchev–Trinajstić information content (AvgIpc) is 3.00. The van der Waals surface area contributed by atoms with E-state index < -0.39 is 0 Å². The first-order valence-electron chi connectivity index (χ1n) is 7.33. The predicted molar refractivity (Wildman–Crippen MR) is 88.6 cm³/mol. The molecule has 0 spiro atoms. The molecule has 0 saturated carbocycles. The van der Waals surface area contributed by atoms with Crippen LogP contribution in [-0.4, -0.2) is 16.5 Å². The van der Waals surface area contributed by atoms with Crippen molar-refractivity contribution in [1.82, 2.24) is 15.3 Å². The second-order valence-electron chi connectivity index (χ2n) is 4.99. The maximum atomic E-state index is 4.50. The third-order valence-corrected chi connectivity index (χ3v) is 4.63. The molecule has 3 nitrogen and oxygen atoms in total. The first-order valence-corrected chi connectivity index (χ1v) is 8.15. The van der Waals surface area contributed by atoms with E-state index in [-0.39, 0.29) is 0 Å². The molecule has 0 saturated heterocycles. The Balaban J connectivity index is 1.57. The fourth-order valence-electron chi connectivity index (χ4n) is 2.40. The van der Waals surface area contributed by atoms with Crippen molar-refractivity contribution in [1.29, 1.82) is 0 Å². The van der Waals surface area contributed by atoms with Crippen LogP contribution in [0.15, 0.2) is 42.7 Å². The summed E-state index contributed by atoms with van der Waals surface area (Å²) in [5.74, 6) is 0. The highest BCUT2D eigenvalue weighted by atomic mass is 32.1. The van der Waals surface area contributed by atoms with E-state index in [4.69, 9.17) is 0 Å². The van der Waals surface area contributed by atoms with Gasteiger partial charge in [-0.1, -0.05) is 31.2 Å². The van der Waals surface area contributed by atoms with Crippen molar-refractivity contribution in [3.8, 4) is 0 Å². The van der Waals surface area contributed by atoms with Crippen LogP contribution >= 0.6 is 11.3 Å². The van der Waals surface area contributed by atoms with Crippen molar-refractivity contribution in [2.24, 2.45) is 0 Å². The zero-order valence-electron chi connectivity index (χ0n) is 12.2. The van der Waals surface area contributed by atoms with Crippen LogP contribution in [0.1, 0.15) is 22.4 Å². The predicted octanol–water partition coefficient (Wildman–Crippen LogP) is 3.59. The number of nitrogens with zero attached hydrogens (tertiary/aromatic N) is 2. The van der Waals surface area contributed by atoms with Crippen LogP contribution in [0.2, 0.25) is 0 Å². The number of hydrogen-bond acceptors (Lipinski definition) is 4. The maximum absolute atomic E-state index is 4.50. The van der Waals surface area contributed by atoms with Crippen molar-refractivity contribution in [2.75, 3.05) is 6.54 Å². The molecular weight excluding hydrogens is 278 g/mol. The lowest BCUT2D eigenvalue weighted by Crippen LogP contribution is -2.16. The molecule has 2 aromatic heterocycles. The number of thiazole rings is 1. The smallest absolute Gasteiger partial charge is 0.0925 e. The van der Waals surface area contributed by atoms with Crippen molar-refractivity contribution in [3.05, 3.63) is 58.2 Å². The number of fused-ring (bicyclic) bond motifs is 1. The van der Waals surface area contributed by atoms with Gasteiger partial charge in [-0.2, -0.15) is 0 Å². The molecule has 2 heterocycles. The molecule has 0 aliphatic carbocycles. The molecular formula is C17H19N3S. The molecule has 21 heavy (non-hydrogen) atoms. The Bertz CT molecular complexity index is 715. The van der Waals surface area contributed by atoms with Gasteiger partial charge in [-0.25, -0.2) is 4.98 Å². The Kier molecular flexibility index (Phi) is 4.58. The number of aryl methyl sites for hydroxylation is 1. The van der Waals surface area contributed by atoms with E-state index in [0.717, 1.165) is 31.4 Å². The number of para-hydroxylation sites is 1. The normalized spacial score (nSPS) is 11.1. The van der Waals surface area contributed by atoms with Crippen LogP contribution in [-0.2, 0) is 19.4 Å². The Morgan fingerprint density at radius 3 is 2.90 bits per heavy atom. The van der Waals surface area contributed by atoms with Crippen LogP contribution in [0.3, 0.4) is 0 Å². The van der Waals surface area contributed by atoms with Crippen LogP contribution < -0.4 is 5.32 Å². The zero-order valence-corrected chi connectivity index (χ0v) is 13.0. The van der Waals surface area contributed by atoms with E-state index in [2.05, 4.69) is 46.5 Å². The van der Waals surface area contributed by atoms with E-state index in [0.29, 0.717) is 0 Å². The lowest BCUT2D eigenvalue weighted by atomic mass is 10.1. The molecule has 3 rings (SSSR count). The van der Waals surface area contributed by atoms with Crippen molar-refractivity contribution in [2.45, 2.75) is 26.3 Å². The Morgan fingerprint density at radius 1 is 1.14 bits per heavy atom. The number of pyridine rings is 1. The fraction of sp³-hybridized carbons (Fsp3) is 0.294. The minimum absolute atomic E-state index is 0.899. The van der Waals surface area contributed by atoms with Crippen LogP contribution in [0.4, 0.5) is 0 Å². The van der Waals surface area contributed by atoms with Gasteiger partial charge in [-0.05, 0) is 31.0 Å². The van der Waals surface area contributed by atoms with E-state index >= 15 is 0 Å². The van der Waals surface area contributed by atoms with Crippen LogP contribution in [0.5, 0.6) is 0 Å². The topological polar surface area (TPSA) is 37.8 Å². The van der Waals surface area contributed by atoms with E-state index in [1.807, 2.05) is 18.5 Å². The molecule has 0 aliphatic rings. The number of aromatic nitrogens is 2. The van der Waals surface area contributed by atoms with Crippen molar-refractivity contribution in [3.63, 3.8) is 0 Å². The SMILES string of the molecule is CCc1ncc(CNCCc2cccc3cccnc23)s1. The standard InChI is InChI=1S/C17H19N3S/c1-2-16-20-12-15(21-16)11-18-10-8-14-6-3-5-13-7-4-9-19-17(13)14/h3-7,9,12,18H,2,8,10-11H2,1H3. The number of rotatable bonds is 6. The van der Waals surface area contributed by atoms with Gasteiger partial charge < -0.3 is 5.32 Å². The molecule has 1 aromatic carbocycles. The molecule has 4 heteroatoms. The van der Waals surface area contributed by atoms with E-state index in [1.54, 1.807) is 11.3 Å². The van der Waals surface area contributed by atoms with Gasteiger partial charge in [0, 0.05) is 29.2 Å². The van der Waals surface area contributed by atoms with Crippen molar-refractivity contribution >= 4 is 22.2 Å². The molecule has 0 atom stereocenters. The summed E-state index contributed by atoms with van der Waals surface area (Å²) in [6.07, 6.45) is 5.86. The van der Waals surface area contributed by atoms with Gasteiger partial charge >= 0.3 is 0 Å². The Labute approximate surface area is 129 Å². The summed E-state index contributed by atoms with van der Waals surface area (Å²) in [4.78, 5) is 10.2. The second kappa shape index (κ2) is 6.78. The third kappa shape index (κ3) is 3.46. The number of hydrogen-bond donors (Lipinski definition) is 1. The highest BCUT2D eigenvalue weighted by Gasteiger charge is 2.02. The molecule has 0 amide bonds. The third-order valence-electron chi connectivity index (χ3n) is 3.49. The number of benzene rings is 1. The Hall–Kier alpha value is -1.78. The van der Waals surface area contributed by atoms with Gasteiger partial charge in [0.15, 0.2) is 0 Å². The largest absolute Gasteiger partial charge is 0.311 e. The summed E-state index contributed by atoms with van der Waals surface area (Å²) >= 11 is 1.80. The minimum atomic E-state index is 0.899. The minimum Gasteiger partial charge on any atom is -0.311 e. The molecule has 3 aromatic rings. The highest BCUT2D eigenvalue weighted by molar-refractivity contribution is 7.11. The summed E-state index contributed by atoms with van der Waals surface area (Å²) in [5, 5.41) is 5.92. The van der Waals surface area contributed by atoms with Crippen molar-refractivity contribution < 1.29 is 0 Å². The number of nitrogens with one attached hydrogen (secondary N) is 1. The van der Waals surface area contributed by atoms with Gasteiger partial charge in [-0.3, -0.25) is 4.98 Å². The first-order chi connectivity index (χ1) is 10.4. The summed E-state index contributed by atoms with van der Waals surface area (Å²) in [6.45, 7) is 3.99. The van der Waals surface area contributed by atoms with Gasteiger partial charge in [0.1, 0.15) is 0 Å². The quantitative estimate of drug-likeness (QED) is 0.707. The monoisotopic (exact) mass is 297 g/mol. The summed E-state index contributed by atoms with van der Waals surface area (Å²) in [5.41, 5.74) is 2.42. The van der Waals surface area contributed by atoms with Gasteiger partial charge in [0.05, 0.1) is 10.5 Å². The van der Waals surface area contributed by atoms with Gasteiger partial charge in [0.25, 0.3) is 0 Å². The van der Waals surface area contributed by atoms with Gasteiger partial charge in [0.2, 0.25) is 0 Å². The molecule has 0 fully saturated rings. The average molecular weight is 297 g/mol. The van der Waals surface area contributed by atoms with Crippen LogP contribution in [0, 0.1) is 0 Å². The lowest BCUT2D eigenvalue weighted by molar-refractivity contribution is 0.694. The first kappa shape index (κ1) is 14.2. The molecule has 0 radical (unpaired) electrons. The van der Waals surface area contributed by atoms with E-state index in [1.165, 1.54) is 20.8 Å². The lowest BCUT2D eigenvalue weighted by Gasteiger charge is -2.06. The Morgan fingerprint density at radius 2 is 2.05 bits per heavy atom. The van der Waals surface area contributed by atoms with E-state index in [9.17, 15) is 0 Å². The highest BCUT2D eigenvalue weighted by Crippen LogP contribution is 2.16. The molecule has 0 bridgehead atoms. The molecule has 0 unspecified atom stereocenters. The fourth-order valence-corrected chi connectivity index (χ4v) is 3.23. The summed E-state index contributed by atoms with van der Waals surface area (Å²) in [6, 6.07) is 10.5. The van der Waals surface area contributed by atoms with Gasteiger partial charge in [-0.15, -0.1) is 11.3 Å². The second-order valence-corrected chi connectivity index (χ2v) is 6.19. The molecule has 0 aliphatic heterocycles. The maximum Gasteiger partial charge on any atom is 0.0925 e. The molecule has 108 valence electrons. The molecule has 1 N–H and O–H groups in total. The summed E-state index contributed by atoms with van der Waals surface area (Å²) < 4.78 is 0. The summed E-state index contributed by atoms with van der Waals surface area (Å²) in [7, 11) is 0. The zero-order chi connectivity index (χ0) is 14.5.